The fourth-order valence-corrected chi connectivity index (χ4v) is 5.82. The Morgan fingerprint density at radius 3 is 2.88 bits per heavy atom. The first-order valence-electron chi connectivity index (χ1n) is 7.66. The van der Waals surface area contributed by atoms with Gasteiger partial charge in [0.05, 0.1) is 23.5 Å². The van der Waals surface area contributed by atoms with Crippen molar-refractivity contribution < 1.29 is 12.9 Å². The molecule has 1 aromatic carbocycles. The van der Waals surface area contributed by atoms with Gasteiger partial charge in [0.1, 0.15) is 21.7 Å². The molecule has 1 fully saturated rings. The summed E-state index contributed by atoms with van der Waals surface area (Å²) in [7, 11) is -3.68. The van der Waals surface area contributed by atoms with Crippen molar-refractivity contribution in [2.24, 2.45) is 0 Å². The minimum atomic E-state index is -3.68. The third kappa shape index (κ3) is 2.27. The van der Waals surface area contributed by atoms with E-state index in [4.69, 9.17) is 4.52 Å². The normalized spacial score (nSPS) is 19.3. The minimum Gasteiger partial charge on any atom is -0.361 e. The zero-order chi connectivity index (χ0) is 16.9. The summed E-state index contributed by atoms with van der Waals surface area (Å²) in [6.07, 6.45) is 1.56. The molecule has 126 valence electrons. The van der Waals surface area contributed by atoms with Crippen LogP contribution in [0.1, 0.15) is 35.9 Å². The van der Waals surface area contributed by atoms with Gasteiger partial charge in [-0.25, -0.2) is 8.42 Å². The number of benzene rings is 1. The van der Waals surface area contributed by atoms with Gasteiger partial charge in [0.25, 0.3) is 0 Å². The topological polar surface area (TPSA) is 89.2 Å². The molecule has 0 aliphatic carbocycles. The molecule has 2 aromatic heterocycles. The van der Waals surface area contributed by atoms with Crippen LogP contribution in [0.2, 0.25) is 0 Å². The zero-order valence-electron chi connectivity index (χ0n) is 13.3. The molecule has 24 heavy (non-hydrogen) atoms. The molecule has 0 radical (unpaired) electrons. The average Bonchev–Trinajstić information content (AvgIpc) is 3.26. The maximum atomic E-state index is 13.3. The second kappa shape index (κ2) is 5.61. The van der Waals surface area contributed by atoms with Crippen molar-refractivity contribution in [2.75, 3.05) is 6.54 Å². The van der Waals surface area contributed by atoms with Crippen LogP contribution in [0.15, 0.2) is 27.6 Å². The summed E-state index contributed by atoms with van der Waals surface area (Å²) in [6.45, 7) is 4.15. The van der Waals surface area contributed by atoms with Gasteiger partial charge in [-0.2, -0.15) is 13.1 Å². The van der Waals surface area contributed by atoms with E-state index >= 15 is 0 Å². The smallest absolute Gasteiger partial charge is 0.245 e. The van der Waals surface area contributed by atoms with Gasteiger partial charge in [-0.05, 0) is 38.8 Å². The predicted octanol–water partition coefficient (Wildman–Crippen LogP) is 2.82. The van der Waals surface area contributed by atoms with E-state index in [1.165, 1.54) is 0 Å². The van der Waals surface area contributed by atoms with Gasteiger partial charge < -0.3 is 4.52 Å². The summed E-state index contributed by atoms with van der Waals surface area (Å²) < 4.78 is 41.7. The summed E-state index contributed by atoms with van der Waals surface area (Å²) in [4.78, 5) is 0.215. The summed E-state index contributed by atoms with van der Waals surface area (Å²) in [6, 6.07) is 4.83. The van der Waals surface area contributed by atoms with Crippen LogP contribution < -0.4 is 0 Å². The molecule has 1 atom stereocenters. The number of sulfonamides is 1. The molecule has 1 unspecified atom stereocenters. The Labute approximate surface area is 143 Å². The average molecular weight is 364 g/mol. The van der Waals surface area contributed by atoms with Crippen molar-refractivity contribution in [3.63, 3.8) is 0 Å². The number of aryl methyl sites for hydroxylation is 2. The van der Waals surface area contributed by atoms with E-state index in [1.807, 2.05) is 13.8 Å². The molecule has 3 heterocycles. The van der Waals surface area contributed by atoms with Crippen molar-refractivity contribution in [1.29, 1.82) is 0 Å². The zero-order valence-corrected chi connectivity index (χ0v) is 14.9. The van der Waals surface area contributed by atoms with E-state index in [0.717, 1.165) is 35.8 Å². The van der Waals surface area contributed by atoms with Crippen LogP contribution in [0.3, 0.4) is 0 Å². The highest BCUT2D eigenvalue weighted by Crippen LogP contribution is 2.40. The van der Waals surface area contributed by atoms with E-state index in [2.05, 4.69) is 13.9 Å². The Kier molecular flexibility index (Phi) is 3.66. The first kappa shape index (κ1) is 15.7. The van der Waals surface area contributed by atoms with Gasteiger partial charge in [-0.3, -0.25) is 0 Å². The number of hydrogen-bond acceptors (Lipinski definition) is 7. The van der Waals surface area contributed by atoms with E-state index in [9.17, 15) is 8.42 Å². The Bertz CT molecular complexity index is 989. The Hall–Kier alpha value is -1.84. The van der Waals surface area contributed by atoms with Crippen LogP contribution in [0.4, 0.5) is 0 Å². The highest BCUT2D eigenvalue weighted by atomic mass is 32.2. The van der Waals surface area contributed by atoms with Crippen LogP contribution in [-0.2, 0) is 10.0 Å². The highest BCUT2D eigenvalue weighted by Gasteiger charge is 2.39. The molecule has 0 saturated carbocycles. The largest absolute Gasteiger partial charge is 0.361 e. The van der Waals surface area contributed by atoms with E-state index < -0.39 is 10.0 Å². The van der Waals surface area contributed by atoms with Crippen molar-refractivity contribution >= 4 is 32.8 Å². The summed E-state index contributed by atoms with van der Waals surface area (Å²) in [5.41, 5.74) is 2.66. The monoisotopic (exact) mass is 364 g/mol. The Balaban J connectivity index is 1.83. The van der Waals surface area contributed by atoms with Crippen LogP contribution in [0, 0.1) is 13.8 Å². The third-order valence-electron chi connectivity index (χ3n) is 4.46. The standard InChI is InChI=1S/C15H16N4O3S2/c1-9-14(10(2)22-16-9)12-6-4-8-19(12)24(20,21)13-7-3-5-11-15(13)18-23-17-11/h3,5,7,12H,4,6,8H2,1-2H3. The molecular weight excluding hydrogens is 348 g/mol. The molecular formula is C15H16N4O3S2. The van der Waals surface area contributed by atoms with Gasteiger partial charge in [-0.15, -0.1) is 0 Å². The van der Waals surface area contributed by atoms with Crippen LogP contribution in [0.5, 0.6) is 0 Å². The molecule has 1 aliphatic rings. The van der Waals surface area contributed by atoms with E-state index in [-0.39, 0.29) is 10.9 Å². The Morgan fingerprint density at radius 1 is 1.29 bits per heavy atom. The van der Waals surface area contributed by atoms with Gasteiger partial charge in [-0.1, -0.05) is 11.2 Å². The summed E-state index contributed by atoms with van der Waals surface area (Å²) in [5, 5.41) is 3.97. The minimum absolute atomic E-state index is 0.215. The van der Waals surface area contributed by atoms with Crippen molar-refractivity contribution in [1.82, 2.24) is 18.2 Å². The van der Waals surface area contributed by atoms with Gasteiger partial charge in [0.15, 0.2) is 0 Å². The molecule has 0 bridgehead atoms. The van der Waals surface area contributed by atoms with Crippen molar-refractivity contribution in [3.8, 4) is 0 Å². The van der Waals surface area contributed by atoms with E-state index in [0.29, 0.717) is 23.3 Å². The lowest BCUT2D eigenvalue weighted by atomic mass is 10.0. The molecule has 0 amide bonds. The fourth-order valence-electron chi connectivity index (χ4n) is 3.40. The van der Waals surface area contributed by atoms with E-state index in [1.54, 1.807) is 22.5 Å². The molecule has 0 N–H and O–H groups in total. The Morgan fingerprint density at radius 2 is 2.12 bits per heavy atom. The molecule has 1 saturated heterocycles. The van der Waals surface area contributed by atoms with Crippen LogP contribution in [-0.4, -0.2) is 33.2 Å². The molecule has 0 spiro atoms. The summed E-state index contributed by atoms with van der Waals surface area (Å²) in [5.74, 6) is 0.674. The third-order valence-corrected chi connectivity index (χ3v) is 6.94. The van der Waals surface area contributed by atoms with Gasteiger partial charge >= 0.3 is 0 Å². The molecule has 4 rings (SSSR count). The predicted molar refractivity (Wildman–Crippen MR) is 89.3 cm³/mol. The number of nitrogens with zero attached hydrogens (tertiary/aromatic N) is 4. The lowest BCUT2D eigenvalue weighted by molar-refractivity contribution is 0.376. The SMILES string of the molecule is Cc1noc(C)c1C1CCCN1S(=O)(=O)c1cccc2nsnc12. The van der Waals surface area contributed by atoms with Crippen LogP contribution >= 0.6 is 11.7 Å². The fraction of sp³-hybridized carbons (Fsp3) is 0.400. The maximum Gasteiger partial charge on any atom is 0.245 e. The lowest BCUT2D eigenvalue weighted by Crippen LogP contribution is -2.31. The number of fused-ring (bicyclic) bond motifs is 1. The number of aromatic nitrogens is 3. The van der Waals surface area contributed by atoms with Gasteiger partial charge in [0.2, 0.25) is 10.0 Å². The highest BCUT2D eigenvalue weighted by molar-refractivity contribution is 7.89. The quantitative estimate of drug-likeness (QED) is 0.710. The maximum absolute atomic E-state index is 13.3. The molecule has 9 heteroatoms. The van der Waals surface area contributed by atoms with Gasteiger partial charge in [0, 0.05) is 12.1 Å². The van der Waals surface area contributed by atoms with Crippen LogP contribution in [0.25, 0.3) is 11.0 Å². The number of hydrogen-bond donors (Lipinski definition) is 0. The van der Waals surface area contributed by atoms with Crippen molar-refractivity contribution in [3.05, 3.63) is 35.2 Å². The molecule has 3 aromatic rings. The lowest BCUT2D eigenvalue weighted by Gasteiger charge is -2.24. The molecule has 1 aliphatic heterocycles. The van der Waals surface area contributed by atoms with Crippen molar-refractivity contribution in [2.45, 2.75) is 37.6 Å². The molecule has 7 nitrogen and oxygen atoms in total. The first-order valence-corrected chi connectivity index (χ1v) is 9.83. The second-order valence-corrected chi connectivity index (χ2v) is 8.29. The first-order chi connectivity index (χ1) is 11.5. The number of rotatable bonds is 3. The summed E-state index contributed by atoms with van der Waals surface area (Å²) >= 11 is 1.02. The second-order valence-electron chi connectivity index (χ2n) is 5.90.